The van der Waals surface area contributed by atoms with E-state index >= 15 is 0 Å². The summed E-state index contributed by atoms with van der Waals surface area (Å²) in [5.74, 6) is 1.51. The van der Waals surface area contributed by atoms with Crippen LogP contribution in [0.5, 0.6) is 11.5 Å². The molecule has 100 valence electrons. The summed E-state index contributed by atoms with van der Waals surface area (Å²) in [7, 11) is 3.27. The lowest BCUT2D eigenvalue weighted by atomic mass is 10.2. The van der Waals surface area contributed by atoms with Gasteiger partial charge in [-0.1, -0.05) is 0 Å². The summed E-state index contributed by atoms with van der Waals surface area (Å²) >= 11 is 5.36. The van der Waals surface area contributed by atoms with E-state index in [2.05, 4.69) is 24.1 Å². The van der Waals surface area contributed by atoms with E-state index in [1.165, 1.54) is 0 Å². The third kappa shape index (κ3) is 3.50. The Balaban J connectivity index is 2.91. The highest BCUT2D eigenvalue weighted by molar-refractivity contribution is 7.80. The fourth-order valence-corrected chi connectivity index (χ4v) is 1.98. The Hall–Kier alpha value is -1.49. The number of anilines is 1. The molecule has 1 aromatic carbocycles. The van der Waals surface area contributed by atoms with Gasteiger partial charge in [0.1, 0.15) is 11.5 Å². The van der Waals surface area contributed by atoms with Crippen LogP contribution >= 0.6 is 12.2 Å². The third-order valence-corrected chi connectivity index (χ3v) is 3.06. The lowest BCUT2D eigenvalue weighted by molar-refractivity contribution is 0.404. The van der Waals surface area contributed by atoms with E-state index < -0.39 is 0 Å². The van der Waals surface area contributed by atoms with Crippen LogP contribution in [0.2, 0.25) is 0 Å². The predicted molar refractivity (Wildman–Crippen MR) is 78.7 cm³/mol. The van der Waals surface area contributed by atoms with Crippen molar-refractivity contribution in [1.29, 1.82) is 0 Å². The molecule has 5 heteroatoms. The molecule has 0 spiro atoms. The number of thiocarbonyl (C=S) groups is 1. The monoisotopic (exact) mass is 268 g/mol. The molecule has 0 aliphatic heterocycles. The number of hydrogen-bond donors (Lipinski definition) is 1. The van der Waals surface area contributed by atoms with Gasteiger partial charge in [-0.3, -0.25) is 0 Å². The Kier molecular flexibility index (Phi) is 5.71. The van der Waals surface area contributed by atoms with Crippen molar-refractivity contribution in [3.05, 3.63) is 18.2 Å². The van der Waals surface area contributed by atoms with Crippen LogP contribution in [0.3, 0.4) is 0 Å². The van der Waals surface area contributed by atoms with Crippen LogP contribution in [0.1, 0.15) is 13.8 Å². The molecule has 0 fully saturated rings. The first-order valence-electron chi connectivity index (χ1n) is 5.94. The van der Waals surface area contributed by atoms with E-state index in [1.54, 1.807) is 14.2 Å². The number of ether oxygens (including phenoxy) is 2. The molecule has 18 heavy (non-hydrogen) atoms. The predicted octanol–water partition coefficient (Wildman–Crippen LogP) is 2.74. The molecule has 1 rings (SSSR count). The highest BCUT2D eigenvalue weighted by Crippen LogP contribution is 2.29. The molecule has 0 amide bonds. The molecule has 0 saturated carbocycles. The average Bonchev–Trinajstić information content (AvgIpc) is 2.40. The maximum Gasteiger partial charge on any atom is 0.173 e. The summed E-state index contributed by atoms with van der Waals surface area (Å²) in [6.07, 6.45) is 0. The molecular formula is C13H20N2O2S. The molecule has 4 nitrogen and oxygen atoms in total. The first-order valence-corrected chi connectivity index (χ1v) is 6.35. The molecule has 0 aliphatic carbocycles. The smallest absolute Gasteiger partial charge is 0.173 e. The quantitative estimate of drug-likeness (QED) is 0.830. The second-order valence-corrected chi connectivity index (χ2v) is 4.06. The van der Waals surface area contributed by atoms with E-state index in [9.17, 15) is 0 Å². The standard InChI is InChI=1S/C13H20N2O2S/c1-5-15(6-2)13(18)14-11-9-10(16-3)7-8-12(11)17-4/h7-9H,5-6H2,1-4H3,(H,14,18). The molecule has 0 saturated heterocycles. The minimum atomic E-state index is 0.687. The van der Waals surface area contributed by atoms with Crippen molar-refractivity contribution in [1.82, 2.24) is 4.90 Å². The van der Waals surface area contributed by atoms with Crippen LogP contribution in [0.4, 0.5) is 5.69 Å². The third-order valence-electron chi connectivity index (χ3n) is 2.70. The van der Waals surface area contributed by atoms with Crippen LogP contribution in [-0.4, -0.2) is 37.3 Å². The molecule has 0 bridgehead atoms. The Labute approximate surface area is 114 Å². The Morgan fingerprint density at radius 2 is 1.89 bits per heavy atom. The van der Waals surface area contributed by atoms with Crippen LogP contribution in [0, 0.1) is 0 Å². The molecule has 0 radical (unpaired) electrons. The van der Waals surface area contributed by atoms with Crippen LogP contribution in [-0.2, 0) is 0 Å². The molecule has 0 heterocycles. The topological polar surface area (TPSA) is 33.7 Å². The summed E-state index contributed by atoms with van der Waals surface area (Å²) < 4.78 is 10.5. The van der Waals surface area contributed by atoms with Gasteiger partial charge in [0.05, 0.1) is 19.9 Å². The Morgan fingerprint density at radius 1 is 1.22 bits per heavy atom. The maximum atomic E-state index is 5.36. The summed E-state index contributed by atoms with van der Waals surface area (Å²) in [5.41, 5.74) is 0.814. The van der Waals surface area contributed by atoms with Gasteiger partial charge in [-0.05, 0) is 38.2 Å². The molecule has 0 atom stereocenters. The van der Waals surface area contributed by atoms with Gasteiger partial charge in [0.15, 0.2) is 5.11 Å². The van der Waals surface area contributed by atoms with Crippen LogP contribution in [0.15, 0.2) is 18.2 Å². The van der Waals surface area contributed by atoms with E-state index in [-0.39, 0.29) is 0 Å². The Morgan fingerprint density at radius 3 is 2.39 bits per heavy atom. The number of rotatable bonds is 5. The maximum absolute atomic E-state index is 5.36. The summed E-state index contributed by atoms with van der Waals surface area (Å²) in [4.78, 5) is 2.06. The zero-order valence-electron chi connectivity index (χ0n) is 11.3. The highest BCUT2D eigenvalue weighted by atomic mass is 32.1. The van der Waals surface area contributed by atoms with Gasteiger partial charge in [-0.15, -0.1) is 0 Å². The van der Waals surface area contributed by atoms with Crippen molar-refractivity contribution in [2.75, 3.05) is 32.6 Å². The number of benzene rings is 1. The second-order valence-electron chi connectivity index (χ2n) is 3.67. The van der Waals surface area contributed by atoms with Gasteiger partial charge < -0.3 is 19.7 Å². The number of nitrogens with one attached hydrogen (secondary N) is 1. The summed E-state index contributed by atoms with van der Waals surface area (Å²) in [6.45, 7) is 5.88. The van der Waals surface area contributed by atoms with E-state index in [4.69, 9.17) is 21.7 Å². The van der Waals surface area contributed by atoms with E-state index in [1.807, 2.05) is 18.2 Å². The fourth-order valence-electron chi connectivity index (χ4n) is 1.62. The molecule has 1 N–H and O–H groups in total. The SMILES string of the molecule is CCN(CC)C(=S)Nc1cc(OC)ccc1OC. The first-order chi connectivity index (χ1) is 8.65. The van der Waals surface area contributed by atoms with Crippen molar-refractivity contribution >= 4 is 23.0 Å². The van der Waals surface area contributed by atoms with Gasteiger partial charge in [0, 0.05) is 19.2 Å². The molecule has 1 aromatic rings. The lowest BCUT2D eigenvalue weighted by Gasteiger charge is -2.23. The minimum Gasteiger partial charge on any atom is -0.497 e. The summed E-state index contributed by atoms with van der Waals surface area (Å²) in [5, 5.41) is 3.88. The molecular weight excluding hydrogens is 248 g/mol. The van der Waals surface area contributed by atoms with Gasteiger partial charge in [-0.25, -0.2) is 0 Å². The number of nitrogens with zero attached hydrogens (tertiary/aromatic N) is 1. The van der Waals surface area contributed by atoms with Crippen molar-refractivity contribution < 1.29 is 9.47 Å². The van der Waals surface area contributed by atoms with Crippen molar-refractivity contribution in [3.63, 3.8) is 0 Å². The number of methoxy groups -OCH3 is 2. The molecule has 0 aliphatic rings. The van der Waals surface area contributed by atoms with Crippen molar-refractivity contribution in [3.8, 4) is 11.5 Å². The molecule has 0 aromatic heterocycles. The number of hydrogen-bond acceptors (Lipinski definition) is 3. The zero-order chi connectivity index (χ0) is 13.5. The van der Waals surface area contributed by atoms with Crippen LogP contribution in [0.25, 0.3) is 0 Å². The van der Waals surface area contributed by atoms with Crippen molar-refractivity contribution in [2.45, 2.75) is 13.8 Å². The largest absolute Gasteiger partial charge is 0.497 e. The first kappa shape index (κ1) is 14.6. The van der Waals surface area contributed by atoms with Crippen LogP contribution < -0.4 is 14.8 Å². The van der Waals surface area contributed by atoms with E-state index in [0.717, 1.165) is 30.3 Å². The minimum absolute atomic E-state index is 0.687. The zero-order valence-corrected chi connectivity index (χ0v) is 12.1. The van der Waals surface area contributed by atoms with E-state index in [0.29, 0.717) is 5.11 Å². The summed E-state index contributed by atoms with van der Waals surface area (Å²) in [6, 6.07) is 5.57. The lowest BCUT2D eigenvalue weighted by Crippen LogP contribution is -2.34. The van der Waals surface area contributed by atoms with Crippen molar-refractivity contribution in [2.24, 2.45) is 0 Å². The second kappa shape index (κ2) is 7.06. The highest BCUT2D eigenvalue weighted by Gasteiger charge is 2.10. The molecule has 0 unspecified atom stereocenters. The fraction of sp³-hybridized carbons (Fsp3) is 0.462. The van der Waals surface area contributed by atoms with Gasteiger partial charge in [-0.2, -0.15) is 0 Å². The normalized spacial score (nSPS) is 9.78. The average molecular weight is 268 g/mol. The Bertz CT molecular complexity index is 406. The van der Waals surface area contributed by atoms with Gasteiger partial charge in [0.25, 0.3) is 0 Å². The van der Waals surface area contributed by atoms with Gasteiger partial charge >= 0.3 is 0 Å². The van der Waals surface area contributed by atoms with Gasteiger partial charge in [0.2, 0.25) is 0 Å².